The Balaban J connectivity index is 2.28. The summed E-state index contributed by atoms with van der Waals surface area (Å²) >= 11 is 0. The van der Waals surface area contributed by atoms with Gasteiger partial charge in [-0.05, 0) is 50.7 Å². The summed E-state index contributed by atoms with van der Waals surface area (Å²) in [6.07, 6.45) is 0. The molecule has 1 aliphatic heterocycles. The lowest BCUT2D eigenvalue weighted by Gasteiger charge is -2.28. The van der Waals surface area contributed by atoms with Gasteiger partial charge in [-0.3, -0.25) is 9.59 Å². The molecule has 2 aromatic carbocycles. The largest absolute Gasteiger partial charge is 0.507 e. The number of likely N-dealkylation sites (N-methyl/N-ethyl adjacent to an activating group) is 1. The van der Waals surface area contributed by atoms with E-state index >= 15 is 0 Å². The zero-order valence-corrected chi connectivity index (χ0v) is 23.0. The van der Waals surface area contributed by atoms with E-state index in [4.69, 9.17) is 14.2 Å². The van der Waals surface area contributed by atoms with Gasteiger partial charge >= 0.3 is 0 Å². The molecule has 2 aromatic rings. The highest BCUT2D eigenvalue weighted by Crippen LogP contribution is 2.46. The minimum absolute atomic E-state index is 0.0133. The lowest BCUT2D eigenvalue weighted by Crippen LogP contribution is -2.35. The molecule has 1 amide bonds. The SMILES string of the molecule is CCOc1ccc(/C(O)=C2\C(=O)C(=O)N(CCN(C)C)C2c2cccc(OC)c2OC)cc1C(C)(C)C. The predicted molar refractivity (Wildman–Crippen MR) is 143 cm³/mol. The van der Waals surface area contributed by atoms with Crippen LogP contribution in [0.15, 0.2) is 42.0 Å². The molecule has 1 heterocycles. The monoisotopic (exact) mass is 510 g/mol. The van der Waals surface area contributed by atoms with Crippen molar-refractivity contribution in [2.45, 2.75) is 39.2 Å². The van der Waals surface area contributed by atoms with Gasteiger partial charge in [0, 0.05) is 29.8 Å². The van der Waals surface area contributed by atoms with Crippen molar-refractivity contribution in [2.24, 2.45) is 0 Å². The molecule has 37 heavy (non-hydrogen) atoms. The summed E-state index contributed by atoms with van der Waals surface area (Å²) in [6, 6.07) is 9.79. The Kier molecular flexibility index (Phi) is 8.53. The Hall–Kier alpha value is -3.52. The van der Waals surface area contributed by atoms with Gasteiger partial charge in [0.05, 0.1) is 32.4 Å². The van der Waals surface area contributed by atoms with Crippen LogP contribution in [-0.2, 0) is 15.0 Å². The maximum Gasteiger partial charge on any atom is 0.295 e. The van der Waals surface area contributed by atoms with Crippen LogP contribution >= 0.6 is 0 Å². The van der Waals surface area contributed by atoms with Gasteiger partial charge in [0.1, 0.15) is 11.5 Å². The number of rotatable bonds is 9. The molecule has 1 unspecified atom stereocenters. The molecule has 0 radical (unpaired) electrons. The Bertz CT molecular complexity index is 1200. The first-order valence-corrected chi connectivity index (χ1v) is 12.4. The number of nitrogens with zero attached hydrogens (tertiary/aromatic N) is 2. The van der Waals surface area contributed by atoms with Crippen molar-refractivity contribution in [2.75, 3.05) is 48.0 Å². The van der Waals surface area contributed by atoms with Gasteiger partial charge in [-0.1, -0.05) is 32.9 Å². The quantitative estimate of drug-likeness (QED) is 0.304. The zero-order chi connectivity index (χ0) is 27.5. The lowest BCUT2D eigenvalue weighted by atomic mass is 9.84. The maximum absolute atomic E-state index is 13.4. The van der Waals surface area contributed by atoms with E-state index in [0.29, 0.717) is 41.5 Å². The van der Waals surface area contributed by atoms with E-state index in [1.54, 1.807) is 30.3 Å². The number of aliphatic hydroxyl groups excluding tert-OH is 1. The van der Waals surface area contributed by atoms with Gasteiger partial charge in [0.2, 0.25) is 0 Å². The lowest BCUT2D eigenvalue weighted by molar-refractivity contribution is -0.140. The van der Waals surface area contributed by atoms with Crippen LogP contribution in [0.4, 0.5) is 0 Å². The summed E-state index contributed by atoms with van der Waals surface area (Å²) < 4.78 is 17.0. The van der Waals surface area contributed by atoms with Crippen LogP contribution in [0.1, 0.15) is 50.4 Å². The van der Waals surface area contributed by atoms with Gasteiger partial charge in [-0.15, -0.1) is 0 Å². The molecule has 0 saturated carbocycles. The van der Waals surface area contributed by atoms with Crippen molar-refractivity contribution in [3.05, 3.63) is 58.7 Å². The Morgan fingerprint density at radius 3 is 2.32 bits per heavy atom. The summed E-state index contributed by atoms with van der Waals surface area (Å²) in [5, 5.41) is 11.6. The first-order valence-electron chi connectivity index (χ1n) is 12.4. The fraction of sp³-hybridized carbons (Fsp3) is 0.448. The summed E-state index contributed by atoms with van der Waals surface area (Å²) in [4.78, 5) is 30.2. The van der Waals surface area contributed by atoms with Gasteiger partial charge in [-0.25, -0.2) is 0 Å². The van der Waals surface area contributed by atoms with Crippen molar-refractivity contribution in [3.63, 3.8) is 0 Å². The highest BCUT2D eigenvalue weighted by Gasteiger charge is 2.47. The third-order valence-electron chi connectivity index (χ3n) is 6.42. The van der Waals surface area contributed by atoms with Crippen molar-refractivity contribution in [1.29, 1.82) is 0 Å². The highest BCUT2D eigenvalue weighted by molar-refractivity contribution is 6.46. The molecule has 1 N–H and O–H groups in total. The topological polar surface area (TPSA) is 88.5 Å². The van der Waals surface area contributed by atoms with Crippen molar-refractivity contribution >= 4 is 17.4 Å². The Morgan fingerprint density at radius 1 is 1.05 bits per heavy atom. The molecule has 1 atom stereocenters. The van der Waals surface area contributed by atoms with Gasteiger partial charge in [-0.2, -0.15) is 0 Å². The van der Waals surface area contributed by atoms with E-state index in [-0.39, 0.29) is 23.3 Å². The van der Waals surface area contributed by atoms with Crippen LogP contribution in [-0.4, -0.2) is 74.6 Å². The molecule has 200 valence electrons. The number of benzene rings is 2. The summed E-state index contributed by atoms with van der Waals surface area (Å²) in [5.41, 5.74) is 1.61. The van der Waals surface area contributed by atoms with Gasteiger partial charge in [0.15, 0.2) is 11.5 Å². The molecule has 1 aliphatic rings. The van der Waals surface area contributed by atoms with E-state index in [1.165, 1.54) is 19.1 Å². The third kappa shape index (κ3) is 5.59. The second-order valence-electron chi connectivity index (χ2n) is 10.3. The molecule has 8 heteroatoms. The fourth-order valence-electron chi connectivity index (χ4n) is 4.57. The molecule has 0 aliphatic carbocycles. The molecule has 8 nitrogen and oxygen atoms in total. The molecule has 1 saturated heterocycles. The number of carbonyl (C=O) groups excluding carboxylic acids is 2. The van der Waals surface area contributed by atoms with Crippen molar-refractivity contribution in [3.8, 4) is 17.2 Å². The number of carbonyl (C=O) groups is 2. The number of likely N-dealkylation sites (tertiary alicyclic amines) is 1. The summed E-state index contributed by atoms with van der Waals surface area (Å²) in [6.45, 7) is 9.39. The predicted octanol–water partition coefficient (Wildman–Crippen LogP) is 4.38. The minimum atomic E-state index is -0.852. The van der Waals surface area contributed by atoms with Crippen molar-refractivity contribution in [1.82, 2.24) is 9.80 Å². The molecule has 1 fully saturated rings. The second kappa shape index (κ2) is 11.3. The Labute approximate surface area is 219 Å². The molecule has 0 bridgehead atoms. The van der Waals surface area contributed by atoms with E-state index < -0.39 is 17.7 Å². The fourth-order valence-corrected chi connectivity index (χ4v) is 4.57. The van der Waals surface area contributed by atoms with Crippen LogP contribution in [0.3, 0.4) is 0 Å². The average molecular weight is 511 g/mol. The molecule has 0 spiro atoms. The smallest absolute Gasteiger partial charge is 0.295 e. The number of aliphatic hydroxyl groups is 1. The number of Topliss-reactive ketones (excluding diaryl/α,β-unsaturated/α-hetero) is 1. The van der Waals surface area contributed by atoms with E-state index in [9.17, 15) is 14.7 Å². The van der Waals surface area contributed by atoms with Gasteiger partial charge in [0.25, 0.3) is 11.7 Å². The van der Waals surface area contributed by atoms with Crippen LogP contribution in [0.5, 0.6) is 17.2 Å². The van der Waals surface area contributed by atoms with E-state index in [1.807, 2.05) is 32.0 Å². The highest BCUT2D eigenvalue weighted by atomic mass is 16.5. The second-order valence-corrected chi connectivity index (χ2v) is 10.3. The van der Waals surface area contributed by atoms with E-state index in [2.05, 4.69) is 20.8 Å². The number of ketones is 1. The summed E-state index contributed by atoms with van der Waals surface area (Å²) in [7, 11) is 6.82. The van der Waals surface area contributed by atoms with Crippen molar-refractivity contribution < 1.29 is 28.9 Å². The molecule has 3 rings (SSSR count). The van der Waals surface area contributed by atoms with Crippen LogP contribution < -0.4 is 14.2 Å². The molecule has 0 aromatic heterocycles. The third-order valence-corrected chi connectivity index (χ3v) is 6.42. The van der Waals surface area contributed by atoms with Crippen LogP contribution in [0.25, 0.3) is 5.76 Å². The Morgan fingerprint density at radius 2 is 1.76 bits per heavy atom. The van der Waals surface area contributed by atoms with Crippen LogP contribution in [0, 0.1) is 0 Å². The molecular formula is C29H38N2O6. The van der Waals surface area contributed by atoms with Crippen LogP contribution in [0.2, 0.25) is 0 Å². The number of hydrogen-bond donors (Lipinski definition) is 1. The molecular weight excluding hydrogens is 472 g/mol. The normalized spacial score (nSPS) is 17.4. The first-order chi connectivity index (χ1) is 17.5. The maximum atomic E-state index is 13.4. The average Bonchev–Trinajstić information content (AvgIpc) is 3.10. The number of amides is 1. The van der Waals surface area contributed by atoms with E-state index in [0.717, 1.165) is 5.56 Å². The standard InChI is InChI=1S/C29H38N2O6/c1-9-37-21-14-13-18(17-20(21)29(2,3)4)25(32)23-24(19-11-10-12-22(35-7)27(19)36-8)31(16-15-30(5)6)28(34)26(23)33/h10-14,17,24,32H,9,15-16H2,1-8H3/b25-23+. The zero-order valence-electron chi connectivity index (χ0n) is 23.0. The van der Waals surface area contributed by atoms with Gasteiger partial charge < -0.3 is 29.1 Å². The number of ether oxygens (including phenoxy) is 3. The number of para-hydroxylation sites is 1. The summed E-state index contributed by atoms with van der Waals surface area (Å²) in [5.74, 6) is -0.0651. The first kappa shape index (κ1) is 28.1. The minimum Gasteiger partial charge on any atom is -0.507 e. The number of methoxy groups -OCH3 is 2. The number of hydrogen-bond acceptors (Lipinski definition) is 7.